The molecule has 1 aromatic rings. The molecule has 4 nitrogen and oxygen atoms in total. The number of rotatable bonds is 4. The van der Waals surface area contributed by atoms with Crippen LogP contribution >= 0.6 is 0 Å². The molecular weight excluding hydrogens is 274 g/mol. The molecule has 0 radical (unpaired) electrons. The SMILES string of the molecule is CCN(CC)[C@@H]1CS(=O)(=O)OC(c2ccccc2)=C1C. The number of benzene rings is 1. The van der Waals surface area contributed by atoms with Gasteiger partial charge in [-0.05, 0) is 25.6 Å². The molecule has 1 aliphatic rings. The van der Waals surface area contributed by atoms with E-state index in [2.05, 4.69) is 4.90 Å². The van der Waals surface area contributed by atoms with Gasteiger partial charge in [-0.1, -0.05) is 44.2 Å². The van der Waals surface area contributed by atoms with Gasteiger partial charge in [-0.2, -0.15) is 8.42 Å². The Labute approximate surface area is 121 Å². The Morgan fingerprint density at radius 3 is 2.35 bits per heavy atom. The van der Waals surface area contributed by atoms with E-state index in [-0.39, 0.29) is 11.8 Å². The van der Waals surface area contributed by atoms with Crippen molar-refractivity contribution in [1.82, 2.24) is 4.90 Å². The van der Waals surface area contributed by atoms with E-state index in [9.17, 15) is 8.42 Å². The van der Waals surface area contributed by atoms with Crippen LogP contribution < -0.4 is 0 Å². The third-order valence-corrected chi connectivity index (χ3v) is 4.86. The lowest BCUT2D eigenvalue weighted by Gasteiger charge is -2.34. The van der Waals surface area contributed by atoms with Gasteiger partial charge in [-0.25, -0.2) is 0 Å². The molecule has 1 heterocycles. The first-order valence-electron chi connectivity index (χ1n) is 6.91. The van der Waals surface area contributed by atoms with Crippen LogP contribution in [0.15, 0.2) is 35.9 Å². The second-order valence-corrected chi connectivity index (χ2v) is 6.54. The fourth-order valence-corrected chi connectivity index (χ4v) is 4.00. The van der Waals surface area contributed by atoms with Crippen molar-refractivity contribution in [3.63, 3.8) is 0 Å². The summed E-state index contributed by atoms with van der Waals surface area (Å²) in [4.78, 5) is 2.15. The van der Waals surface area contributed by atoms with Crippen LogP contribution in [-0.4, -0.2) is 38.2 Å². The molecule has 0 saturated heterocycles. The minimum absolute atomic E-state index is 0.0246. The van der Waals surface area contributed by atoms with Crippen LogP contribution in [0.4, 0.5) is 0 Å². The van der Waals surface area contributed by atoms with Crippen molar-refractivity contribution in [2.24, 2.45) is 0 Å². The molecule has 0 aliphatic carbocycles. The molecule has 1 atom stereocenters. The van der Waals surface area contributed by atoms with Crippen molar-refractivity contribution in [3.05, 3.63) is 41.5 Å². The molecule has 0 saturated carbocycles. The maximum atomic E-state index is 12.0. The van der Waals surface area contributed by atoms with Gasteiger partial charge in [0.05, 0.1) is 6.04 Å². The topological polar surface area (TPSA) is 46.6 Å². The Balaban J connectivity index is 2.49. The van der Waals surface area contributed by atoms with Crippen molar-refractivity contribution < 1.29 is 12.6 Å². The van der Waals surface area contributed by atoms with Gasteiger partial charge < -0.3 is 4.18 Å². The third kappa shape index (κ3) is 3.04. The summed E-state index contributed by atoms with van der Waals surface area (Å²) in [6.45, 7) is 7.67. The van der Waals surface area contributed by atoms with E-state index in [4.69, 9.17) is 4.18 Å². The zero-order chi connectivity index (χ0) is 14.8. The number of hydrogen-bond donors (Lipinski definition) is 0. The number of hydrogen-bond acceptors (Lipinski definition) is 4. The molecule has 0 fully saturated rings. The summed E-state index contributed by atoms with van der Waals surface area (Å²) in [7, 11) is -3.53. The molecule has 0 unspecified atom stereocenters. The highest BCUT2D eigenvalue weighted by Gasteiger charge is 2.34. The standard InChI is InChI=1S/C15H21NO3S/c1-4-16(5-2)14-11-20(17,18)19-15(12(14)3)13-9-7-6-8-10-13/h6-10,14H,4-5,11H2,1-3H3/t14-/m1/s1. The number of likely N-dealkylation sites (N-methyl/N-ethyl adjacent to an activating group) is 1. The van der Waals surface area contributed by atoms with Crippen LogP contribution in [0, 0.1) is 0 Å². The van der Waals surface area contributed by atoms with E-state index in [1.54, 1.807) is 0 Å². The zero-order valence-corrected chi connectivity index (χ0v) is 13.0. The molecule has 0 aromatic heterocycles. The highest BCUT2D eigenvalue weighted by molar-refractivity contribution is 7.87. The van der Waals surface area contributed by atoms with Gasteiger partial charge in [0.25, 0.3) is 0 Å². The van der Waals surface area contributed by atoms with Gasteiger partial charge in [0.15, 0.2) is 0 Å². The second kappa shape index (κ2) is 5.97. The van der Waals surface area contributed by atoms with Gasteiger partial charge in [0.1, 0.15) is 11.5 Å². The maximum Gasteiger partial charge on any atom is 0.311 e. The van der Waals surface area contributed by atoms with E-state index in [1.807, 2.05) is 51.1 Å². The third-order valence-electron chi connectivity index (χ3n) is 3.72. The van der Waals surface area contributed by atoms with Crippen molar-refractivity contribution in [2.45, 2.75) is 26.8 Å². The van der Waals surface area contributed by atoms with E-state index in [0.717, 1.165) is 24.2 Å². The Morgan fingerprint density at radius 1 is 1.20 bits per heavy atom. The lowest BCUT2D eigenvalue weighted by molar-refractivity contribution is 0.249. The quantitative estimate of drug-likeness (QED) is 0.801. The fraction of sp³-hybridized carbons (Fsp3) is 0.467. The summed E-state index contributed by atoms with van der Waals surface area (Å²) in [6.07, 6.45) is 0. The molecule has 0 spiro atoms. The Kier molecular flexibility index (Phi) is 4.50. The van der Waals surface area contributed by atoms with E-state index >= 15 is 0 Å². The van der Waals surface area contributed by atoms with Gasteiger partial charge in [-0.15, -0.1) is 0 Å². The molecule has 0 amide bonds. The second-order valence-electron chi connectivity index (χ2n) is 4.92. The minimum Gasteiger partial charge on any atom is -0.382 e. The van der Waals surface area contributed by atoms with E-state index in [1.165, 1.54) is 0 Å². The normalized spacial score (nSPS) is 21.9. The zero-order valence-electron chi connectivity index (χ0n) is 12.2. The minimum atomic E-state index is -3.53. The van der Waals surface area contributed by atoms with Crippen molar-refractivity contribution in [3.8, 4) is 0 Å². The molecule has 0 N–H and O–H groups in total. The van der Waals surface area contributed by atoms with Crippen LogP contribution in [0.1, 0.15) is 26.3 Å². The van der Waals surface area contributed by atoms with Crippen LogP contribution in [0.2, 0.25) is 0 Å². The van der Waals surface area contributed by atoms with Crippen molar-refractivity contribution >= 4 is 15.9 Å². The van der Waals surface area contributed by atoms with Gasteiger partial charge in [0.2, 0.25) is 0 Å². The fourth-order valence-electron chi connectivity index (χ4n) is 2.61. The molecule has 20 heavy (non-hydrogen) atoms. The average Bonchev–Trinajstić information content (AvgIpc) is 2.44. The summed E-state index contributed by atoms with van der Waals surface area (Å²) in [5.74, 6) is 0.505. The molecule has 110 valence electrons. The molecule has 1 aromatic carbocycles. The van der Waals surface area contributed by atoms with Gasteiger partial charge in [-0.3, -0.25) is 4.90 Å². The Hall–Kier alpha value is -1.33. The Morgan fingerprint density at radius 2 is 1.80 bits per heavy atom. The predicted octanol–water partition coefficient (Wildman–Crippen LogP) is 2.49. The first-order valence-corrected chi connectivity index (χ1v) is 8.48. The summed E-state index contributed by atoms with van der Waals surface area (Å²) < 4.78 is 29.4. The molecule has 0 bridgehead atoms. The molecule has 1 aliphatic heterocycles. The van der Waals surface area contributed by atoms with Crippen molar-refractivity contribution in [1.29, 1.82) is 0 Å². The van der Waals surface area contributed by atoms with Crippen molar-refractivity contribution in [2.75, 3.05) is 18.8 Å². The maximum absolute atomic E-state index is 12.0. The highest BCUT2D eigenvalue weighted by Crippen LogP contribution is 2.31. The van der Waals surface area contributed by atoms with Gasteiger partial charge >= 0.3 is 10.1 Å². The first kappa shape index (κ1) is 15.1. The van der Waals surface area contributed by atoms with Crippen LogP contribution in [0.25, 0.3) is 5.76 Å². The predicted molar refractivity (Wildman–Crippen MR) is 80.6 cm³/mol. The smallest absolute Gasteiger partial charge is 0.311 e. The van der Waals surface area contributed by atoms with Gasteiger partial charge in [0, 0.05) is 5.56 Å². The Bertz CT molecular complexity index is 589. The summed E-state index contributed by atoms with van der Waals surface area (Å²) in [6, 6.07) is 9.30. The lowest BCUT2D eigenvalue weighted by atomic mass is 10.0. The average molecular weight is 295 g/mol. The van der Waals surface area contributed by atoms with Crippen LogP contribution in [0.5, 0.6) is 0 Å². The summed E-state index contributed by atoms with van der Waals surface area (Å²) in [5.41, 5.74) is 1.79. The van der Waals surface area contributed by atoms with E-state index in [0.29, 0.717) is 5.76 Å². The number of nitrogens with zero attached hydrogens (tertiary/aromatic N) is 1. The molecular formula is C15H21NO3S. The van der Waals surface area contributed by atoms with E-state index < -0.39 is 10.1 Å². The largest absolute Gasteiger partial charge is 0.382 e. The highest BCUT2D eigenvalue weighted by atomic mass is 32.2. The van der Waals surface area contributed by atoms with Crippen LogP contribution in [-0.2, 0) is 14.3 Å². The molecule has 2 rings (SSSR count). The van der Waals surface area contributed by atoms with Crippen LogP contribution in [0.3, 0.4) is 0 Å². The summed E-state index contributed by atoms with van der Waals surface area (Å²) in [5, 5.41) is 0. The first-order chi connectivity index (χ1) is 9.48. The summed E-state index contributed by atoms with van der Waals surface area (Å²) >= 11 is 0. The molecule has 5 heteroatoms. The monoisotopic (exact) mass is 295 g/mol. The lowest BCUT2D eigenvalue weighted by Crippen LogP contribution is -2.43.